The van der Waals surface area contributed by atoms with Crippen LogP contribution >= 0.6 is 11.8 Å². The van der Waals surface area contributed by atoms with Crippen molar-refractivity contribution in [2.24, 2.45) is 0 Å². The Hall–Kier alpha value is -1.75. The van der Waals surface area contributed by atoms with Crippen LogP contribution in [-0.4, -0.2) is 26.4 Å². The van der Waals surface area contributed by atoms with E-state index in [1.165, 1.54) is 22.9 Å². The summed E-state index contributed by atoms with van der Waals surface area (Å²) in [5, 5.41) is 9.55. The minimum Gasteiger partial charge on any atom is -0.481 e. The molecule has 1 heterocycles. The smallest absolute Gasteiger partial charge is 0.313 e. The highest BCUT2D eigenvalue weighted by atomic mass is 32.2. The van der Waals surface area contributed by atoms with Crippen molar-refractivity contribution >= 4 is 17.7 Å². The standard InChI is InChI=1S/C15H18N2O2S/c1-10-4-6-13(7-5-10)12(3)17-8-11(2)16-15(17)20-9-14(18)19/h4-8,12H,9H2,1-3H3,(H,18,19). The third-order valence-electron chi connectivity index (χ3n) is 3.12. The maximum absolute atomic E-state index is 10.7. The van der Waals surface area contributed by atoms with Crippen molar-refractivity contribution in [1.82, 2.24) is 9.55 Å². The van der Waals surface area contributed by atoms with E-state index in [-0.39, 0.29) is 11.8 Å². The van der Waals surface area contributed by atoms with Crippen LogP contribution in [0.5, 0.6) is 0 Å². The van der Waals surface area contributed by atoms with Gasteiger partial charge in [-0.05, 0) is 26.3 Å². The highest BCUT2D eigenvalue weighted by molar-refractivity contribution is 7.99. The summed E-state index contributed by atoms with van der Waals surface area (Å²) in [7, 11) is 0. The number of rotatable bonds is 5. The van der Waals surface area contributed by atoms with Gasteiger partial charge in [0, 0.05) is 6.20 Å². The van der Waals surface area contributed by atoms with E-state index in [0.29, 0.717) is 0 Å². The van der Waals surface area contributed by atoms with Crippen LogP contribution in [0.3, 0.4) is 0 Å². The van der Waals surface area contributed by atoms with Gasteiger partial charge in [-0.15, -0.1) is 0 Å². The van der Waals surface area contributed by atoms with Crippen molar-refractivity contribution in [3.8, 4) is 0 Å². The first-order valence-corrected chi connectivity index (χ1v) is 7.42. The molecule has 20 heavy (non-hydrogen) atoms. The fourth-order valence-corrected chi connectivity index (χ4v) is 2.83. The number of carboxylic acid groups (broad SMARTS) is 1. The summed E-state index contributed by atoms with van der Waals surface area (Å²) in [6, 6.07) is 8.49. The van der Waals surface area contributed by atoms with Gasteiger partial charge in [0.15, 0.2) is 5.16 Å². The van der Waals surface area contributed by atoms with E-state index in [4.69, 9.17) is 5.11 Å². The van der Waals surface area contributed by atoms with Crippen molar-refractivity contribution < 1.29 is 9.90 Å². The minimum atomic E-state index is -0.829. The summed E-state index contributed by atoms with van der Waals surface area (Å²) < 4.78 is 2.04. The molecule has 2 aromatic rings. The maximum Gasteiger partial charge on any atom is 0.313 e. The molecule has 5 heteroatoms. The van der Waals surface area contributed by atoms with Crippen LogP contribution in [0.25, 0.3) is 0 Å². The summed E-state index contributed by atoms with van der Waals surface area (Å²) in [6.07, 6.45) is 1.97. The minimum absolute atomic E-state index is 0.0249. The number of nitrogens with zero attached hydrogens (tertiary/aromatic N) is 2. The summed E-state index contributed by atoms with van der Waals surface area (Å²) in [5.41, 5.74) is 3.31. The topological polar surface area (TPSA) is 55.1 Å². The van der Waals surface area contributed by atoms with Gasteiger partial charge in [0.05, 0.1) is 17.5 Å². The van der Waals surface area contributed by atoms with Gasteiger partial charge in [0.2, 0.25) is 0 Å². The second-order valence-corrected chi connectivity index (χ2v) is 5.78. The average molecular weight is 290 g/mol. The quantitative estimate of drug-likeness (QED) is 0.859. The van der Waals surface area contributed by atoms with Crippen molar-refractivity contribution in [3.63, 3.8) is 0 Å². The Morgan fingerprint density at radius 1 is 1.35 bits per heavy atom. The largest absolute Gasteiger partial charge is 0.481 e. The molecule has 0 aliphatic heterocycles. The molecule has 1 atom stereocenters. The van der Waals surface area contributed by atoms with Gasteiger partial charge in [-0.1, -0.05) is 41.6 Å². The van der Waals surface area contributed by atoms with Crippen LogP contribution in [0, 0.1) is 13.8 Å². The highest BCUT2D eigenvalue weighted by Gasteiger charge is 2.15. The molecule has 0 aliphatic carbocycles. The maximum atomic E-state index is 10.7. The molecule has 106 valence electrons. The van der Waals surface area contributed by atoms with Crippen LogP contribution in [0.2, 0.25) is 0 Å². The molecule has 0 fully saturated rings. The Kier molecular flexibility index (Phi) is 4.49. The van der Waals surface area contributed by atoms with Crippen LogP contribution in [-0.2, 0) is 4.79 Å². The first-order valence-electron chi connectivity index (χ1n) is 6.44. The number of hydrogen-bond donors (Lipinski definition) is 1. The molecule has 2 rings (SSSR count). The van der Waals surface area contributed by atoms with Gasteiger partial charge >= 0.3 is 5.97 Å². The third kappa shape index (κ3) is 3.42. The molecular weight excluding hydrogens is 272 g/mol. The molecule has 0 amide bonds. The zero-order valence-corrected chi connectivity index (χ0v) is 12.6. The number of carboxylic acids is 1. The number of aliphatic carboxylic acids is 1. The van der Waals surface area contributed by atoms with Crippen molar-refractivity contribution in [3.05, 3.63) is 47.3 Å². The van der Waals surface area contributed by atoms with Crippen LogP contribution in [0.4, 0.5) is 0 Å². The summed E-state index contributed by atoms with van der Waals surface area (Å²) in [4.78, 5) is 15.1. The summed E-state index contributed by atoms with van der Waals surface area (Å²) in [6.45, 7) is 6.07. The molecular formula is C15H18N2O2S. The van der Waals surface area contributed by atoms with Crippen LogP contribution in [0.15, 0.2) is 35.6 Å². The van der Waals surface area contributed by atoms with Crippen LogP contribution in [0.1, 0.15) is 29.8 Å². The zero-order valence-electron chi connectivity index (χ0n) is 11.8. The normalized spacial score (nSPS) is 12.3. The number of benzene rings is 1. The SMILES string of the molecule is Cc1ccc(C(C)n2cc(C)nc2SCC(=O)O)cc1. The number of carbonyl (C=O) groups is 1. The zero-order chi connectivity index (χ0) is 14.7. The first-order chi connectivity index (χ1) is 9.47. The van der Waals surface area contributed by atoms with E-state index in [1.807, 2.05) is 17.7 Å². The van der Waals surface area contributed by atoms with Gasteiger partial charge in [0.1, 0.15) is 0 Å². The fourth-order valence-electron chi connectivity index (χ4n) is 2.01. The Morgan fingerprint density at radius 3 is 2.60 bits per heavy atom. The lowest BCUT2D eigenvalue weighted by Gasteiger charge is -2.16. The Labute approximate surface area is 122 Å². The second-order valence-electron chi connectivity index (χ2n) is 4.84. The predicted molar refractivity (Wildman–Crippen MR) is 80.3 cm³/mol. The van der Waals surface area contributed by atoms with Crippen LogP contribution < -0.4 is 0 Å². The van der Waals surface area contributed by atoms with Gasteiger partial charge in [-0.3, -0.25) is 4.79 Å². The second kappa shape index (κ2) is 6.13. The Bertz CT molecular complexity index is 605. The molecule has 0 spiro atoms. The molecule has 1 unspecified atom stereocenters. The Balaban J connectivity index is 2.26. The van der Waals surface area contributed by atoms with Gasteiger partial charge < -0.3 is 9.67 Å². The van der Waals surface area contributed by atoms with Crippen molar-refractivity contribution in [1.29, 1.82) is 0 Å². The van der Waals surface area contributed by atoms with E-state index in [0.717, 1.165) is 10.9 Å². The monoisotopic (exact) mass is 290 g/mol. The van der Waals surface area contributed by atoms with E-state index in [2.05, 4.69) is 43.1 Å². The van der Waals surface area contributed by atoms with Gasteiger partial charge in [0.25, 0.3) is 0 Å². The van der Waals surface area contributed by atoms with Crippen molar-refractivity contribution in [2.45, 2.75) is 32.0 Å². The molecule has 1 N–H and O–H groups in total. The van der Waals surface area contributed by atoms with Gasteiger partial charge in [-0.25, -0.2) is 4.98 Å². The van der Waals surface area contributed by atoms with E-state index >= 15 is 0 Å². The van der Waals surface area contributed by atoms with E-state index in [9.17, 15) is 4.79 Å². The lowest BCUT2D eigenvalue weighted by atomic mass is 10.1. The molecule has 0 saturated carbocycles. The predicted octanol–water partition coefficient (Wildman–Crippen LogP) is 3.29. The van der Waals surface area contributed by atoms with E-state index in [1.54, 1.807) is 0 Å². The number of thioether (sulfide) groups is 1. The number of aryl methyl sites for hydroxylation is 2. The summed E-state index contributed by atoms with van der Waals surface area (Å²) >= 11 is 1.25. The molecule has 0 aliphatic rings. The average Bonchev–Trinajstić information content (AvgIpc) is 2.77. The number of aromatic nitrogens is 2. The molecule has 0 saturated heterocycles. The Morgan fingerprint density at radius 2 is 2.00 bits per heavy atom. The molecule has 4 nitrogen and oxygen atoms in total. The lowest BCUT2D eigenvalue weighted by molar-refractivity contribution is -0.133. The third-order valence-corrected chi connectivity index (χ3v) is 4.07. The molecule has 1 aromatic heterocycles. The highest BCUT2D eigenvalue weighted by Crippen LogP contribution is 2.26. The van der Waals surface area contributed by atoms with Gasteiger partial charge in [-0.2, -0.15) is 0 Å². The molecule has 1 aromatic carbocycles. The number of imidazole rings is 1. The van der Waals surface area contributed by atoms with E-state index < -0.39 is 5.97 Å². The first kappa shape index (κ1) is 14.7. The summed E-state index contributed by atoms with van der Waals surface area (Å²) in [5.74, 6) is -0.804. The molecule has 0 radical (unpaired) electrons. The molecule has 0 bridgehead atoms. The van der Waals surface area contributed by atoms with Crippen molar-refractivity contribution in [2.75, 3.05) is 5.75 Å². The number of hydrogen-bond acceptors (Lipinski definition) is 3. The lowest BCUT2D eigenvalue weighted by Crippen LogP contribution is -2.08. The fraction of sp³-hybridized carbons (Fsp3) is 0.333.